The van der Waals surface area contributed by atoms with E-state index in [-0.39, 0.29) is 5.91 Å². The zero-order chi connectivity index (χ0) is 18.3. The maximum Gasteiger partial charge on any atom is 0.256 e. The molecule has 2 fully saturated rings. The molecular weight excluding hydrogens is 324 g/mol. The lowest BCUT2D eigenvalue weighted by Crippen LogP contribution is -2.29. The van der Waals surface area contributed by atoms with Crippen LogP contribution in [0.5, 0.6) is 5.75 Å². The number of carbonyl (C=O) groups excluding carboxylic acids is 1. The third-order valence-corrected chi connectivity index (χ3v) is 6.19. The molecule has 2 saturated carbocycles. The largest absolute Gasteiger partial charge is 0.497 e. The first-order valence-corrected chi connectivity index (χ1v) is 10.0. The minimum Gasteiger partial charge on any atom is -0.497 e. The van der Waals surface area contributed by atoms with E-state index in [1.165, 1.54) is 50.5 Å². The number of carbonyl (C=O) groups is 1. The quantitative estimate of drug-likeness (QED) is 0.762. The minimum absolute atomic E-state index is 0.155. The molecule has 2 aliphatic carbocycles. The Morgan fingerprint density at radius 3 is 2.58 bits per heavy atom. The van der Waals surface area contributed by atoms with Gasteiger partial charge in [0.1, 0.15) is 5.75 Å². The van der Waals surface area contributed by atoms with Crippen LogP contribution in [-0.2, 0) is 0 Å². The van der Waals surface area contributed by atoms with Crippen molar-refractivity contribution in [3.8, 4) is 5.75 Å². The second kappa shape index (κ2) is 6.98. The van der Waals surface area contributed by atoms with Crippen LogP contribution in [0.25, 0.3) is 10.9 Å². The van der Waals surface area contributed by atoms with E-state index in [4.69, 9.17) is 4.74 Å². The summed E-state index contributed by atoms with van der Waals surface area (Å²) in [6.45, 7) is 3.00. The van der Waals surface area contributed by atoms with Gasteiger partial charge in [-0.15, -0.1) is 0 Å². The summed E-state index contributed by atoms with van der Waals surface area (Å²) in [5, 5.41) is 1.04. The van der Waals surface area contributed by atoms with Crippen LogP contribution in [0.1, 0.15) is 67.0 Å². The summed E-state index contributed by atoms with van der Waals surface area (Å²) < 4.78 is 7.89. The van der Waals surface area contributed by atoms with Gasteiger partial charge in [0, 0.05) is 36.2 Å². The van der Waals surface area contributed by atoms with Gasteiger partial charge in [-0.2, -0.15) is 0 Å². The maximum atomic E-state index is 13.3. The average Bonchev–Trinajstić information content (AvgIpc) is 3.42. The van der Waals surface area contributed by atoms with Crippen LogP contribution < -0.4 is 4.74 Å². The van der Waals surface area contributed by atoms with E-state index in [1.807, 2.05) is 24.1 Å². The number of benzene rings is 1. The number of nitrogens with zero attached hydrogens (tertiary/aromatic N) is 2. The van der Waals surface area contributed by atoms with Gasteiger partial charge >= 0.3 is 0 Å². The van der Waals surface area contributed by atoms with Gasteiger partial charge in [-0.3, -0.25) is 4.79 Å². The van der Waals surface area contributed by atoms with Crippen molar-refractivity contribution >= 4 is 16.8 Å². The van der Waals surface area contributed by atoms with Crippen molar-refractivity contribution in [1.82, 2.24) is 9.47 Å². The van der Waals surface area contributed by atoms with Gasteiger partial charge in [0.25, 0.3) is 5.91 Å². The Morgan fingerprint density at radius 2 is 1.92 bits per heavy atom. The lowest BCUT2D eigenvalue weighted by molar-refractivity contribution is 0.0789. The molecule has 1 aromatic heterocycles. The monoisotopic (exact) mass is 354 g/mol. The van der Waals surface area contributed by atoms with Crippen molar-refractivity contribution < 1.29 is 9.53 Å². The molecule has 2 aliphatic rings. The van der Waals surface area contributed by atoms with Gasteiger partial charge in [-0.05, 0) is 56.7 Å². The van der Waals surface area contributed by atoms with Gasteiger partial charge < -0.3 is 14.2 Å². The van der Waals surface area contributed by atoms with E-state index in [0.29, 0.717) is 12.0 Å². The highest BCUT2D eigenvalue weighted by atomic mass is 16.5. The molecule has 140 valence electrons. The van der Waals surface area contributed by atoms with E-state index >= 15 is 0 Å². The molecule has 0 N–H and O–H groups in total. The van der Waals surface area contributed by atoms with Gasteiger partial charge in [0.2, 0.25) is 0 Å². The Kier molecular flexibility index (Phi) is 4.68. The number of amides is 1. The molecule has 0 bridgehead atoms. The molecule has 4 heteroatoms. The molecule has 26 heavy (non-hydrogen) atoms. The number of rotatable bonds is 5. The Morgan fingerprint density at radius 1 is 1.19 bits per heavy atom. The Bertz CT molecular complexity index is 813. The zero-order valence-electron chi connectivity index (χ0n) is 16.3. The van der Waals surface area contributed by atoms with Gasteiger partial charge in [0.15, 0.2) is 0 Å². The molecular formula is C22H30N2O2. The second-order valence-electron chi connectivity index (χ2n) is 8.13. The van der Waals surface area contributed by atoms with Crippen LogP contribution in [0.3, 0.4) is 0 Å². The fourth-order valence-corrected chi connectivity index (χ4v) is 4.59. The summed E-state index contributed by atoms with van der Waals surface area (Å²) in [5.41, 5.74) is 3.17. The first kappa shape index (κ1) is 17.4. The number of hydrogen-bond donors (Lipinski definition) is 0. The highest BCUT2D eigenvalue weighted by Gasteiger charge is 2.30. The fraction of sp³-hybridized carbons (Fsp3) is 0.591. The van der Waals surface area contributed by atoms with Crippen LogP contribution in [0.4, 0.5) is 0 Å². The zero-order valence-corrected chi connectivity index (χ0v) is 16.3. The predicted octanol–water partition coefficient (Wildman–Crippen LogP) is 4.95. The summed E-state index contributed by atoms with van der Waals surface area (Å²) in [5.74, 6) is 1.67. The molecule has 0 radical (unpaired) electrons. The van der Waals surface area contributed by atoms with Crippen LogP contribution in [0.15, 0.2) is 18.2 Å². The van der Waals surface area contributed by atoms with E-state index in [1.54, 1.807) is 7.11 Å². The van der Waals surface area contributed by atoms with Crippen LogP contribution >= 0.6 is 0 Å². The molecule has 1 aromatic carbocycles. The first-order valence-electron chi connectivity index (χ1n) is 10.0. The van der Waals surface area contributed by atoms with E-state index in [2.05, 4.69) is 17.6 Å². The summed E-state index contributed by atoms with van der Waals surface area (Å²) in [7, 11) is 3.64. The SMILES string of the molecule is COc1ccc2c(c1)c(C(=O)N(C)CC1CC1)c(C)n2C1CCCCC1. The topological polar surface area (TPSA) is 34.5 Å². The van der Waals surface area contributed by atoms with Gasteiger partial charge in [-0.25, -0.2) is 0 Å². The smallest absolute Gasteiger partial charge is 0.256 e. The summed E-state index contributed by atoms with van der Waals surface area (Å²) in [4.78, 5) is 15.2. The third kappa shape index (κ3) is 3.10. The van der Waals surface area contributed by atoms with Crippen molar-refractivity contribution in [1.29, 1.82) is 0 Å². The van der Waals surface area contributed by atoms with Crippen LogP contribution in [-0.4, -0.2) is 36.1 Å². The summed E-state index contributed by atoms with van der Waals surface area (Å²) in [6.07, 6.45) is 8.83. The summed E-state index contributed by atoms with van der Waals surface area (Å²) >= 11 is 0. The number of fused-ring (bicyclic) bond motifs is 1. The van der Waals surface area contributed by atoms with Gasteiger partial charge in [-0.1, -0.05) is 19.3 Å². The molecule has 0 saturated heterocycles. The predicted molar refractivity (Wildman–Crippen MR) is 105 cm³/mol. The highest BCUT2D eigenvalue weighted by molar-refractivity contribution is 6.08. The second-order valence-corrected chi connectivity index (χ2v) is 8.13. The van der Waals surface area contributed by atoms with Crippen molar-refractivity contribution in [3.05, 3.63) is 29.5 Å². The van der Waals surface area contributed by atoms with Crippen LogP contribution in [0, 0.1) is 12.8 Å². The van der Waals surface area contributed by atoms with E-state index in [0.717, 1.165) is 28.9 Å². The molecule has 0 atom stereocenters. The molecule has 0 aliphatic heterocycles. The normalized spacial score (nSPS) is 18.3. The number of aromatic nitrogens is 1. The van der Waals surface area contributed by atoms with Crippen LogP contribution in [0.2, 0.25) is 0 Å². The van der Waals surface area contributed by atoms with E-state index < -0.39 is 0 Å². The Balaban J connectivity index is 1.81. The van der Waals surface area contributed by atoms with Crippen molar-refractivity contribution in [3.63, 3.8) is 0 Å². The highest BCUT2D eigenvalue weighted by Crippen LogP contribution is 2.38. The molecule has 1 heterocycles. The lowest BCUT2D eigenvalue weighted by atomic mass is 9.95. The average molecular weight is 354 g/mol. The number of methoxy groups -OCH3 is 1. The molecule has 4 rings (SSSR count). The van der Waals surface area contributed by atoms with Crippen molar-refractivity contribution in [2.45, 2.75) is 57.9 Å². The number of hydrogen-bond acceptors (Lipinski definition) is 2. The van der Waals surface area contributed by atoms with Crippen molar-refractivity contribution in [2.24, 2.45) is 5.92 Å². The molecule has 4 nitrogen and oxygen atoms in total. The van der Waals surface area contributed by atoms with Crippen molar-refractivity contribution in [2.75, 3.05) is 20.7 Å². The number of ether oxygens (including phenoxy) is 1. The molecule has 0 spiro atoms. The summed E-state index contributed by atoms with van der Waals surface area (Å²) in [6, 6.07) is 6.70. The fourth-order valence-electron chi connectivity index (χ4n) is 4.59. The standard InChI is InChI=1S/C22H30N2O2/c1-15-21(22(25)23(2)14-16-9-10-16)19-13-18(26-3)11-12-20(19)24(15)17-7-5-4-6-8-17/h11-13,16-17H,4-10,14H2,1-3H3. The molecule has 0 unspecified atom stereocenters. The maximum absolute atomic E-state index is 13.3. The Hall–Kier alpha value is -1.97. The lowest BCUT2D eigenvalue weighted by Gasteiger charge is -2.26. The Labute approximate surface area is 156 Å². The van der Waals surface area contributed by atoms with Gasteiger partial charge in [0.05, 0.1) is 12.7 Å². The minimum atomic E-state index is 0.155. The van der Waals surface area contributed by atoms with E-state index in [9.17, 15) is 4.79 Å². The third-order valence-electron chi connectivity index (χ3n) is 6.19. The molecule has 1 amide bonds. The molecule has 2 aromatic rings. The first-order chi connectivity index (χ1) is 12.6.